The van der Waals surface area contributed by atoms with Crippen molar-refractivity contribution in [2.45, 2.75) is 17.7 Å². The van der Waals surface area contributed by atoms with Gasteiger partial charge in [0.15, 0.2) is 0 Å². The van der Waals surface area contributed by atoms with Crippen LogP contribution in [0.3, 0.4) is 0 Å². The van der Waals surface area contributed by atoms with Crippen LogP contribution >= 0.6 is 22.3 Å². The van der Waals surface area contributed by atoms with Crippen LogP contribution in [-0.2, 0) is 13.8 Å². The lowest BCUT2D eigenvalue weighted by atomic mass is 10.1. The minimum Gasteiger partial charge on any atom is -0.381 e. The highest BCUT2D eigenvalue weighted by Crippen LogP contribution is 2.25. The quantitative estimate of drug-likeness (QED) is 0.826. The van der Waals surface area contributed by atoms with E-state index in [-0.39, 0.29) is 21.4 Å². The monoisotopic (exact) mass is 351 g/mol. The number of carbonyl (C=O) groups is 1. The van der Waals surface area contributed by atoms with Gasteiger partial charge in [-0.3, -0.25) is 4.79 Å². The Hall–Kier alpha value is -0.820. The molecule has 1 aliphatic rings. The molecule has 1 N–H and O–H groups in total. The number of amides is 1. The number of ether oxygens (including phenoxy) is 1. The summed E-state index contributed by atoms with van der Waals surface area (Å²) >= 11 is 5.77. The van der Waals surface area contributed by atoms with Gasteiger partial charge in [0.25, 0.3) is 15.0 Å². The minimum absolute atomic E-state index is 0.00958. The van der Waals surface area contributed by atoms with E-state index in [2.05, 4.69) is 5.32 Å². The molecule has 1 aromatic rings. The van der Waals surface area contributed by atoms with E-state index in [1.165, 1.54) is 18.2 Å². The molecule has 8 heteroatoms. The van der Waals surface area contributed by atoms with Gasteiger partial charge < -0.3 is 10.1 Å². The Morgan fingerprint density at radius 1 is 1.43 bits per heavy atom. The summed E-state index contributed by atoms with van der Waals surface area (Å²) in [6.07, 6.45) is 1.84. The van der Waals surface area contributed by atoms with Gasteiger partial charge in [0.1, 0.15) is 4.90 Å². The van der Waals surface area contributed by atoms with Gasteiger partial charge in [-0.2, -0.15) is 0 Å². The van der Waals surface area contributed by atoms with Gasteiger partial charge >= 0.3 is 0 Å². The highest BCUT2D eigenvalue weighted by Gasteiger charge is 2.18. The maximum absolute atomic E-state index is 12.0. The topological polar surface area (TPSA) is 72.5 Å². The van der Waals surface area contributed by atoms with Crippen molar-refractivity contribution in [3.8, 4) is 0 Å². The number of benzene rings is 1. The van der Waals surface area contributed by atoms with E-state index in [1.807, 2.05) is 0 Å². The Balaban J connectivity index is 1.99. The first-order valence-corrected chi connectivity index (χ1v) is 9.17. The molecule has 0 aromatic heterocycles. The third kappa shape index (κ3) is 4.57. The first-order valence-electron chi connectivity index (χ1n) is 6.48. The Morgan fingerprint density at radius 2 is 2.19 bits per heavy atom. The molecule has 2 rings (SSSR count). The summed E-state index contributed by atoms with van der Waals surface area (Å²) in [6.45, 7) is 2.01. The van der Waals surface area contributed by atoms with Gasteiger partial charge in [0, 0.05) is 36.0 Å². The standard InChI is InChI=1S/C13H15Cl2NO4S/c14-11-2-1-10(7-12(11)21(15,18)19)13(17)16-5-3-9-4-6-20-8-9/h1-2,7,9H,3-6,8H2,(H,16,17). The molecule has 1 heterocycles. The van der Waals surface area contributed by atoms with Crippen molar-refractivity contribution in [1.29, 1.82) is 0 Å². The molecule has 1 atom stereocenters. The third-order valence-electron chi connectivity index (χ3n) is 3.32. The van der Waals surface area contributed by atoms with Crippen molar-refractivity contribution in [1.82, 2.24) is 5.32 Å². The van der Waals surface area contributed by atoms with Crippen molar-refractivity contribution >= 4 is 37.2 Å². The second kappa shape index (κ2) is 6.96. The number of hydrogen-bond donors (Lipinski definition) is 1. The van der Waals surface area contributed by atoms with Gasteiger partial charge in [0.2, 0.25) is 0 Å². The molecule has 0 radical (unpaired) electrons. The molecule has 0 spiro atoms. The number of nitrogens with one attached hydrogen (secondary N) is 1. The van der Waals surface area contributed by atoms with E-state index in [1.54, 1.807) is 0 Å². The highest BCUT2D eigenvalue weighted by atomic mass is 35.7. The Bertz CT molecular complexity index is 627. The summed E-state index contributed by atoms with van der Waals surface area (Å²) in [5.41, 5.74) is 0.210. The molecule has 1 unspecified atom stereocenters. The number of hydrogen-bond acceptors (Lipinski definition) is 4. The zero-order valence-corrected chi connectivity index (χ0v) is 13.5. The lowest BCUT2D eigenvalue weighted by Gasteiger charge is -2.09. The highest BCUT2D eigenvalue weighted by molar-refractivity contribution is 8.13. The van der Waals surface area contributed by atoms with Crippen molar-refractivity contribution in [2.75, 3.05) is 19.8 Å². The van der Waals surface area contributed by atoms with Crippen LogP contribution in [0.2, 0.25) is 5.02 Å². The van der Waals surface area contributed by atoms with Crippen LogP contribution in [0.5, 0.6) is 0 Å². The first-order chi connectivity index (χ1) is 9.88. The van der Waals surface area contributed by atoms with Crippen LogP contribution in [0.25, 0.3) is 0 Å². The van der Waals surface area contributed by atoms with Crippen molar-refractivity contribution in [3.63, 3.8) is 0 Å². The van der Waals surface area contributed by atoms with Gasteiger partial charge in [-0.05, 0) is 37.0 Å². The van der Waals surface area contributed by atoms with Crippen LogP contribution < -0.4 is 5.32 Å². The summed E-state index contributed by atoms with van der Waals surface area (Å²) < 4.78 is 28.0. The summed E-state index contributed by atoms with van der Waals surface area (Å²) in [6, 6.07) is 3.98. The summed E-state index contributed by atoms with van der Waals surface area (Å²) in [7, 11) is 1.29. The number of halogens is 2. The van der Waals surface area contributed by atoms with Crippen LogP contribution in [0.15, 0.2) is 23.1 Å². The third-order valence-corrected chi connectivity index (χ3v) is 5.12. The average Bonchev–Trinajstić information content (AvgIpc) is 2.91. The molecule has 1 aliphatic heterocycles. The molecule has 0 bridgehead atoms. The van der Waals surface area contributed by atoms with Crippen molar-refractivity contribution in [2.24, 2.45) is 5.92 Å². The molecule has 5 nitrogen and oxygen atoms in total. The minimum atomic E-state index is -3.98. The normalized spacial score (nSPS) is 18.7. The van der Waals surface area contributed by atoms with Gasteiger partial charge in [-0.1, -0.05) is 11.6 Å². The molecule has 116 valence electrons. The molecule has 21 heavy (non-hydrogen) atoms. The Kier molecular flexibility index (Phi) is 5.48. The molecule has 0 aliphatic carbocycles. The molecule has 1 fully saturated rings. The summed E-state index contributed by atoms with van der Waals surface area (Å²) in [5.74, 6) is 0.112. The SMILES string of the molecule is O=C(NCCC1CCOC1)c1ccc(Cl)c(S(=O)(=O)Cl)c1. The predicted octanol–water partition coefficient (Wildman–Crippen LogP) is 2.42. The Morgan fingerprint density at radius 3 is 2.81 bits per heavy atom. The fraction of sp³-hybridized carbons (Fsp3) is 0.462. The van der Waals surface area contributed by atoms with Crippen LogP contribution in [-0.4, -0.2) is 34.1 Å². The van der Waals surface area contributed by atoms with Crippen LogP contribution in [0, 0.1) is 5.92 Å². The fourth-order valence-corrected chi connectivity index (χ4v) is 3.63. The van der Waals surface area contributed by atoms with Crippen LogP contribution in [0.1, 0.15) is 23.2 Å². The largest absolute Gasteiger partial charge is 0.381 e. The molecule has 1 saturated heterocycles. The van der Waals surface area contributed by atoms with Gasteiger partial charge in [0.05, 0.1) is 5.02 Å². The van der Waals surface area contributed by atoms with Crippen molar-refractivity contribution in [3.05, 3.63) is 28.8 Å². The lowest BCUT2D eigenvalue weighted by molar-refractivity contribution is 0.0950. The molecule has 0 saturated carbocycles. The van der Waals surface area contributed by atoms with Gasteiger partial charge in [-0.25, -0.2) is 8.42 Å². The molecular formula is C13H15Cl2NO4S. The maximum Gasteiger partial charge on any atom is 0.262 e. The number of rotatable bonds is 5. The summed E-state index contributed by atoms with van der Waals surface area (Å²) in [4.78, 5) is 11.7. The van der Waals surface area contributed by atoms with E-state index >= 15 is 0 Å². The van der Waals surface area contributed by atoms with Crippen LogP contribution in [0.4, 0.5) is 0 Å². The second-order valence-electron chi connectivity index (χ2n) is 4.86. The zero-order valence-electron chi connectivity index (χ0n) is 11.1. The van der Waals surface area contributed by atoms with E-state index < -0.39 is 9.05 Å². The van der Waals surface area contributed by atoms with E-state index in [4.69, 9.17) is 27.0 Å². The first kappa shape index (κ1) is 16.5. The molecule has 1 aromatic carbocycles. The molecule has 1 amide bonds. The van der Waals surface area contributed by atoms with E-state index in [0.717, 1.165) is 26.1 Å². The number of carbonyl (C=O) groups excluding carboxylic acids is 1. The molecular weight excluding hydrogens is 337 g/mol. The smallest absolute Gasteiger partial charge is 0.262 e. The van der Waals surface area contributed by atoms with Gasteiger partial charge in [-0.15, -0.1) is 0 Å². The zero-order chi connectivity index (χ0) is 15.5. The Labute approximate surface area is 133 Å². The van der Waals surface area contributed by atoms with E-state index in [0.29, 0.717) is 12.5 Å². The maximum atomic E-state index is 12.0. The lowest BCUT2D eigenvalue weighted by Crippen LogP contribution is -2.26. The van der Waals surface area contributed by atoms with Crippen molar-refractivity contribution < 1.29 is 17.9 Å². The average molecular weight is 352 g/mol. The second-order valence-corrected chi connectivity index (χ2v) is 7.80. The van der Waals surface area contributed by atoms with E-state index in [9.17, 15) is 13.2 Å². The summed E-state index contributed by atoms with van der Waals surface area (Å²) in [5, 5.41) is 2.74. The predicted molar refractivity (Wildman–Crippen MR) is 80.4 cm³/mol. The fourth-order valence-electron chi connectivity index (χ4n) is 2.13.